The third-order valence-corrected chi connectivity index (χ3v) is 3.61. The molecule has 0 spiro atoms. The fraction of sp³-hybridized carbons (Fsp3) is 0.471. The summed E-state index contributed by atoms with van der Waals surface area (Å²) in [5, 5.41) is 3.09. The molecule has 1 aliphatic heterocycles. The van der Waals surface area contributed by atoms with Crippen LogP contribution < -0.4 is 15.0 Å². The Morgan fingerprint density at radius 1 is 1.43 bits per heavy atom. The van der Waals surface area contributed by atoms with Crippen molar-refractivity contribution in [1.29, 1.82) is 0 Å². The van der Waals surface area contributed by atoms with Gasteiger partial charge in [-0.05, 0) is 38.8 Å². The molecule has 1 heterocycles. The lowest BCUT2D eigenvalue weighted by Gasteiger charge is -2.34. The number of methoxy groups -OCH3 is 1. The minimum absolute atomic E-state index is 0.00694. The Labute approximate surface area is 126 Å². The number of benzene rings is 1. The number of carbonyl (C=O) groups excluding carboxylic acids is 1. The van der Waals surface area contributed by atoms with Crippen LogP contribution in [-0.2, 0) is 4.79 Å². The van der Waals surface area contributed by atoms with Crippen molar-refractivity contribution >= 4 is 11.6 Å². The van der Waals surface area contributed by atoms with Crippen LogP contribution in [0.1, 0.15) is 26.7 Å². The van der Waals surface area contributed by atoms with Crippen molar-refractivity contribution in [3.63, 3.8) is 0 Å². The number of nitrogens with one attached hydrogen (secondary N) is 1. The van der Waals surface area contributed by atoms with Crippen molar-refractivity contribution in [1.82, 2.24) is 5.32 Å². The van der Waals surface area contributed by atoms with Gasteiger partial charge in [0.1, 0.15) is 5.75 Å². The van der Waals surface area contributed by atoms with Gasteiger partial charge in [-0.2, -0.15) is 0 Å². The fourth-order valence-electron chi connectivity index (χ4n) is 2.64. The molecule has 1 fully saturated rings. The molecule has 0 saturated carbocycles. The maximum absolute atomic E-state index is 11.8. The molecule has 0 unspecified atom stereocenters. The predicted octanol–water partition coefficient (Wildman–Crippen LogP) is 2.75. The van der Waals surface area contributed by atoms with Crippen LogP contribution in [0.3, 0.4) is 0 Å². The van der Waals surface area contributed by atoms with E-state index in [1.54, 1.807) is 13.2 Å². The average molecular weight is 288 g/mol. The van der Waals surface area contributed by atoms with Gasteiger partial charge in [0, 0.05) is 37.0 Å². The van der Waals surface area contributed by atoms with Crippen LogP contribution in [0.2, 0.25) is 0 Å². The van der Waals surface area contributed by atoms with E-state index >= 15 is 0 Å². The highest BCUT2D eigenvalue weighted by atomic mass is 16.5. The molecule has 0 aromatic heterocycles. The van der Waals surface area contributed by atoms with Crippen LogP contribution in [0.25, 0.3) is 0 Å². The molecule has 1 amide bonds. The maximum atomic E-state index is 11.8. The van der Waals surface area contributed by atoms with Crippen LogP contribution in [-0.4, -0.2) is 32.1 Å². The zero-order valence-electron chi connectivity index (χ0n) is 13.1. The van der Waals surface area contributed by atoms with Gasteiger partial charge in [0.15, 0.2) is 0 Å². The number of piperidine rings is 1. The second-order valence-electron chi connectivity index (χ2n) is 5.72. The van der Waals surface area contributed by atoms with Crippen molar-refractivity contribution < 1.29 is 9.53 Å². The summed E-state index contributed by atoms with van der Waals surface area (Å²) in [6.07, 6.45) is 3.77. The molecule has 21 heavy (non-hydrogen) atoms. The number of amides is 1. The number of hydrogen-bond donors (Lipinski definition) is 1. The van der Waals surface area contributed by atoms with E-state index in [2.05, 4.69) is 16.3 Å². The van der Waals surface area contributed by atoms with Gasteiger partial charge >= 0.3 is 0 Å². The monoisotopic (exact) mass is 288 g/mol. The van der Waals surface area contributed by atoms with Crippen molar-refractivity contribution in [3.8, 4) is 5.75 Å². The van der Waals surface area contributed by atoms with E-state index in [9.17, 15) is 4.79 Å². The van der Waals surface area contributed by atoms with E-state index in [1.807, 2.05) is 32.0 Å². The first-order valence-corrected chi connectivity index (χ1v) is 7.43. The van der Waals surface area contributed by atoms with Gasteiger partial charge in [-0.1, -0.05) is 11.6 Å². The van der Waals surface area contributed by atoms with Crippen molar-refractivity contribution in [2.45, 2.75) is 32.7 Å². The number of ether oxygens (including phenoxy) is 1. The van der Waals surface area contributed by atoms with Gasteiger partial charge in [-0.25, -0.2) is 0 Å². The SMILES string of the molecule is COc1cccc(N2CCC[C@@H](NC(=O)C=C(C)C)C2)c1. The van der Waals surface area contributed by atoms with E-state index in [1.165, 1.54) is 0 Å². The topological polar surface area (TPSA) is 41.6 Å². The Morgan fingerprint density at radius 3 is 2.95 bits per heavy atom. The Balaban J connectivity index is 2.00. The van der Waals surface area contributed by atoms with E-state index < -0.39 is 0 Å². The smallest absolute Gasteiger partial charge is 0.244 e. The standard InChI is InChI=1S/C17H24N2O2/c1-13(2)10-17(20)18-14-6-5-9-19(12-14)15-7-4-8-16(11-15)21-3/h4,7-8,10-11,14H,5-6,9,12H2,1-3H3,(H,18,20)/t14-/m1/s1. The molecule has 1 saturated heterocycles. The number of nitrogens with zero attached hydrogens (tertiary/aromatic N) is 1. The minimum Gasteiger partial charge on any atom is -0.497 e. The number of allylic oxidation sites excluding steroid dienone is 1. The summed E-state index contributed by atoms with van der Waals surface area (Å²) in [5.74, 6) is 0.871. The highest BCUT2D eigenvalue weighted by Crippen LogP contribution is 2.24. The molecule has 1 aromatic rings. The van der Waals surface area contributed by atoms with Crippen LogP contribution in [0.15, 0.2) is 35.9 Å². The van der Waals surface area contributed by atoms with Gasteiger partial charge in [0.05, 0.1) is 7.11 Å². The summed E-state index contributed by atoms with van der Waals surface area (Å²) >= 11 is 0. The first-order chi connectivity index (χ1) is 10.1. The molecule has 0 bridgehead atoms. The highest BCUT2D eigenvalue weighted by Gasteiger charge is 2.21. The lowest BCUT2D eigenvalue weighted by molar-refractivity contribution is -0.117. The molecule has 4 heteroatoms. The van der Waals surface area contributed by atoms with Gasteiger partial charge in [0.2, 0.25) is 5.91 Å². The van der Waals surface area contributed by atoms with E-state index in [0.717, 1.165) is 42.9 Å². The molecule has 2 rings (SSSR count). The lowest BCUT2D eigenvalue weighted by Crippen LogP contribution is -2.47. The number of anilines is 1. The van der Waals surface area contributed by atoms with Crippen molar-refractivity contribution in [2.24, 2.45) is 0 Å². The van der Waals surface area contributed by atoms with Crippen LogP contribution >= 0.6 is 0 Å². The molecule has 1 aromatic carbocycles. The minimum atomic E-state index is 0.00694. The number of carbonyl (C=O) groups is 1. The molecule has 4 nitrogen and oxygen atoms in total. The summed E-state index contributed by atoms with van der Waals surface area (Å²) < 4.78 is 5.28. The first-order valence-electron chi connectivity index (χ1n) is 7.43. The quantitative estimate of drug-likeness (QED) is 0.866. The first kappa shape index (κ1) is 15.4. The van der Waals surface area contributed by atoms with Crippen LogP contribution in [0.5, 0.6) is 5.75 Å². The summed E-state index contributed by atoms with van der Waals surface area (Å²) in [6.45, 7) is 5.73. The van der Waals surface area contributed by atoms with Gasteiger partial charge in [-0.3, -0.25) is 4.79 Å². The normalized spacial score (nSPS) is 18.0. The zero-order chi connectivity index (χ0) is 15.2. The Morgan fingerprint density at radius 2 is 2.24 bits per heavy atom. The highest BCUT2D eigenvalue weighted by molar-refractivity contribution is 5.88. The lowest BCUT2D eigenvalue weighted by atomic mass is 10.0. The number of hydrogen-bond acceptors (Lipinski definition) is 3. The second-order valence-corrected chi connectivity index (χ2v) is 5.72. The molecular formula is C17H24N2O2. The van der Waals surface area contributed by atoms with E-state index in [-0.39, 0.29) is 11.9 Å². The van der Waals surface area contributed by atoms with Gasteiger partial charge in [0.25, 0.3) is 0 Å². The fourth-order valence-corrected chi connectivity index (χ4v) is 2.64. The van der Waals surface area contributed by atoms with Crippen molar-refractivity contribution in [2.75, 3.05) is 25.1 Å². The summed E-state index contributed by atoms with van der Waals surface area (Å²) in [7, 11) is 1.68. The third-order valence-electron chi connectivity index (χ3n) is 3.61. The molecule has 0 aliphatic carbocycles. The number of rotatable bonds is 4. The summed E-state index contributed by atoms with van der Waals surface area (Å²) in [6, 6.07) is 8.28. The van der Waals surface area contributed by atoms with E-state index in [4.69, 9.17) is 4.74 Å². The molecule has 1 N–H and O–H groups in total. The third kappa shape index (κ3) is 4.52. The largest absolute Gasteiger partial charge is 0.497 e. The van der Waals surface area contributed by atoms with Crippen molar-refractivity contribution in [3.05, 3.63) is 35.9 Å². The molecular weight excluding hydrogens is 264 g/mol. The zero-order valence-corrected chi connectivity index (χ0v) is 13.1. The molecule has 0 radical (unpaired) electrons. The van der Waals surface area contributed by atoms with Crippen LogP contribution in [0, 0.1) is 0 Å². The Bertz CT molecular complexity index is 521. The van der Waals surface area contributed by atoms with Crippen LogP contribution in [0.4, 0.5) is 5.69 Å². The second kappa shape index (κ2) is 7.16. The Kier molecular flexibility index (Phi) is 5.26. The summed E-state index contributed by atoms with van der Waals surface area (Å²) in [5.41, 5.74) is 2.17. The van der Waals surface area contributed by atoms with Gasteiger partial charge in [-0.15, -0.1) is 0 Å². The maximum Gasteiger partial charge on any atom is 0.244 e. The molecule has 114 valence electrons. The predicted molar refractivity (Wildman–Crippen MR) is 85.8 cm³/mol. The van der Waals surface area contributed by atoms with E-state index in [0.29, 0.717) is 0 Å². The van der Waals surface area contributed by atoms with Gasteiger partial charge < -0.3 is 15.0 Å². The molecule has 1 atom stereocenters. The summed E-state index contributed by atoms with van der Waals surface area (Å²) in [4.78, 5) is 14.1. The average Bonchev–Trinajstić information content (AvgIpc) is 2.46. The molecule has 1 aliphatic rings. The Hall–Kier alpha value is -1.97.